The van der Waals surface area contributed by atoms with Gasteiger partial charge in [0.2, 0.25) is 5.91 Å². The zero-order valence-corrected chi connectivity index (χ0v) is 16.3. The number of pyridine rings is 1. The Labute approximate surface area is 173 Å². The minimum Gasteiger partial charge on any atom is -0.366 e. The van der Waals surface area contributed by atoms with Gasteiger partial charge in [-0.15, -0.1) is 0 Å². The predicted octanol–water partition coefficient (Wildman–Crippen LogP) is 4.29. The molecule has 4 rings (SSSR count). The first-order chi connectivity index (χ1) is 14.5. The average molecular weight is 396 g/mol. The highest BCUT2D eigenvalue weighted by molar-refractivity contribution is 6.10. The fraction of sp³-hybridized carbons (Fsp3) is 0.0417. The number of rotatable bonds is 5. The van der Waals surface area contributed by atoms with E-state index in [-0.39, 0.29) is 5.91 Å². The van der Waals surface area contributed by atoms with Crippen molar-refractivity contribution in [3.05, 3.63) is 89.9 Å². The first-order valence-electron chi connectivity index (χ1n) is 9.43. The molecular formula is C24H20N4O2. The zero-order valence-electron chi connectivity index (χ0n) is 16.3. The molecule has 2 aromatic carbocycles. The van der Waals surface area contributed by atoms with Gasteiger partial charge in [-0.3, -0.25) is 14.6 Å². The molecule has 30 heavy (non-hydrogen) atoms. The van der Waals surface area contributed by atoms with E-state index in [1.807, 2.05) is 49.4 Å². The molecule has 6 nitrogen and oxygen atoms in total. The number of hydrogen-bond acceptors (Lipinski definition) is 3. The Kier molecular flexibility index (Phi) is 5.13. The van der Waals surface area contributed by atoms with Gasteiger partial charge in [0.1, 0.15) is 0 Å². The Bertz CT molecular complexity index is 1270. The Morgan fingerprint density at radius 2 is 1.93 bits per heavy atom. The third-order valence-electron chi connectivity index (χ3n) is 4.98. The van der Waals surface area contributed by atoms with Gasteiger partial charge in [-0.1, -0.05) is 24.3 Å². The van der Waals surface area contributed by atoms with Crippen molar-refractivity contribution in [2.24, 2.45) is 5.73 Å². The lowest BCUT2D eigenvalue weighted by Gasteiger charge is -2.13. The van der Waals surface area contributed by atoms with Crippen molar-refractivity contribution in [2.45, 2.75) is 6.92 Å². The summed E-state index contributed by atoms with van der Waals surface area (Å²) in [6.07, 6.45) is 8.35. The number of primary amides is 1. The van der Waals surface area contributed by atoms with Gasteiger partial charge in [-0.25, -0.2) is 0 Å². The van der Waals surface area contributed by atoms with Crippen LogP contribution < -0.4 is 11.1 Å². The Morgan fingerprint density at radius 1 is 1.07 bits per heavy atom. The fourth-order valence-electron chi connectivity index (χ4n) is 3.48. The van der Waals surface area contributed by atoms with Crippen molar-refractivity contribution in [1.82, 2.24) is 9.97 Å². The van der Waals surface area contributed by atoms with Crippen LogP contribution in [0, 0.1) is 6.92 Å². The van der Waals surface area contributed by atoms with Crippen molar-refractivity contribution in [3.8, 4) is 11.1 Å². The van der Waals surface area contributed by atoms with Crippen LogP contribution >= 0.6 is 0 Å². The number of H-pyrrole nitrogens is 1. The van der Waals surface area contributed by atoms with E-state index < -0.39 is 5.91 Å². The summed E-state index contributed by atoms with van der Waals surface area (Å²) in [4.78, 5) is 31.2. The van der Waals surface area contributed by atoms with Gasteiger partial charge in [-0.2, -0.15) is 0 Å². The van der Waals surface area contributed by atoms with Crippen molar-refractivity contribution >= 4 is 34.5 Å². The number of aromatic amines is 1. The van der Waals surface area contributed by atoms with Crippen LogP contribution in [-0.4, -0.2) is 21.8 Å². The molecular weight excluding hydrogens is 376 g/mol. The Balaban J connectivity index is 1.66. The lowest BCUT2D eigenvalue weighted by molar-refractivity contribution is -0.111. The van der Waals surface area contributed by atoms with E-state index in [1.54, 1.807) is 30.7 Å². The van der Waals surface area contributed by atoms with Crippen LogP contribution in [0.1, 0.15) is 21.5 Å². The highest BCUT2D eigenvalue weighted by Gasteiger charge is 2.15. The van der Waals surface area contributed by atoms with E-state index in [2.05, 4.69) is 15.3 Å². The van der Waals surface area contributed by atoms with E-state index in [0.29, 0.717) is 11.1 Å². The standard InChI is InChI=1S/C24H20N4O2/c1-15-17(18-8-9-20(24(25)30)23-19(18)11-13-27-23)5-2-6-21(15)28-22(29)10-7-16-4-3-12-26-14-16/h2-14,27H,1H3,(H2,25,30)(H,28,29). The normalized spacial score (nSPS) is 11.1. The fourth-order valence-corrected chi connectivity index (χ4v) is 3.48. The van der Waals surface area contributed by atoms with Gasteiger partial charge < -0.3 is 16.0 Å². The topological polar surface area (TPSA) is 101 Å². The van der Waals surface area contributed by atoms with Crippen LogP contribution in [0.3, 0.4) is 0 Å². The summed E-state index contributed by atoms with van der Waals surface area (Å²) in [5, 5.41) is 3.83. The summed E-state index contributed by atoms with van der Waals surface area (Å²) in [5.74, 6) is -0.706. The number of hydrogen-bond donors (Lipinski definition) is 3. The Hall–Kier alpha value is -4.19. The third-order valence-corrected chi connectivity index (χ3v) is 4.98. The summed E-state index contributed by atoms with van der Waals surface area (Å²) in [6, 6.07) is 15.0. The van der Waals surface area contributed by atoms with Gasteiger partial charge in [0.25, 0.3) is 5.91 Å². The molecule has 2 amide bonds. The van der Waals surface area contributed by atoms with Crippen molar-refractivity contribution in [1.29, 1.82) is 0 Å². The smallest absolute Gasteiger partial charge is 0.250 e. The molecule has 0 unspecified atom stereocenters. The van der Waals surface area contributed by atoms with Gasteiger partial charge in [0.15, 0.2) is 0 Å². The number of amides is 2. The maximum atomic E-state index is 12.4. The van der Waals surface area contributed by atoms with Crippen molar-refractivity contribution in [3.63, 3.8) is 0 Å². The van der Waals surface area contributed by atoms with E-state index in [9.17, 15) is 9.59 Å². The second-order valence-corrected chi connectivity index (χ2v) is 6.88. The van der Waals surface area contributed by atoms with Gasteiger partial charge >= 0.3 is 0 Å². The van der Waals surface area contributed by atoms with Crippen molar-refractivity contribution < 1.29 is 9.59 Å². The number of nitrogens with one attached hydrogen (secondary N) is 2. The molecule has 0 radical (unpaired) electrons. The summed E-state index contributed by atoms with van der Waals surface area (Å²) >= 11 is 0. The van der Waals surface area contributed by atoms with E-state index in [4.69, 9.17) is 5.73 Å². The number of nitrogens with two attached hydrogens (primary N) is 1. The predicted molar refractivity (Wildman–Crippen MR) is 119 cm³/mol. The molecule has 0 atom stereocenters. The molecule has 0 spiro atoms. The van der Waals surface area contributed by atoms with E-state index in [0.717, 1.165) is 33.3 Å². The Morgan fingerprint density at radius 3 is 2.70 bits per heavy atom. The maximum absolute atomic E-state index is 12.4. The minimum atomic E-state index is -0.480. The highest BCUT2D eigenvalue weighted by Crippen LogP contribution is 2.34. The quantitative estimate of drug-likeness (QED) is 0.439. The monoisotopic (exact) mass is 396 g/mol. The largest absolute Gasteiger partial charge is 0.366 e. The first-order valence-corrected chi connectivity index (χ1v) is 9.43. The van der Waals surface area contributed by atoms with Crippen LogP contribution in [0.25, 0.3) is 28.1 Å². The number of carbonyl (C=O) groups excluding carboxylic acids is 2. The maximum Gasteiger partial charge on any atom is 0.250 e. The van der Waals surface area contributed by atoms with E-state index in [1.165, 1.54) is 6.08 Å². The molecule has 0 saturated carbocycles. The summed E-state index contributed by atoms with van der Waals surface area (Å²) in [7, 11) is 0. The SMILES string of the molecule is Cc1c(NC(=O)C=Cc2cccnc2)cccc1-c1ccc(C(N)=O)c2[nH]ccc12. The highest BCUT2D eigenvalue weighted by atomic mass is 16.1. The van der Waals surface area contributed by atoms with Crippen LogP contribution in [-0.2, 0) is 4.79 Å². The molecule has 0 aliphatic rings. The van der Waals surface area contributed by atoms with Crippen LogP contribution in [0.15, 0.2) is 73.2 Å². The average Bonchev–Trinajstić information content (AvgIpc) is 3.24. The van der Waals surface area contributed by atoms with Gasteiger partial charge in [0, 0.05) is 35.7 Å². The molecule has 148 valence electrons. The number of benzene rings is 2. The number of nitrogens with zero attached hydrogens (tertiary/aromatic N) is 1. The number of anilines is 1. The molecule has 0 aliphatic heterocycles. The molecule has 0 fully saturated rings. The number of aromatic nitrogens is 2. The molecule has 2 heterocycles. The first kappa shape index (κ1) is 19.1. The molecule has 0 aliphatic carbocycles. The lowest BCUT2D eigenvalue weighted by Crippen LogP contribution is -2.11. The molecule has 6 heteroatoms. The molecule has 2 aromatic heterocycles. The number of carbonyl (C=O) groups is 2. The second kappa shape index (κ2) is 8.05. The summed E-state index contributed by atoms with van der Waals surface area (Å²) in [6.45, 7) is 1.95. The third kappa shape index (κ3) is 3.71. The van der Waals surface area contributed by atoms with Crippen LogP contribution in [0.2, 0.25) is 0 Å². The van der Waals surface area contributed by atoms with Gasteiger partial charge in [0.05, 0.1) is 11.1 Å². The lowest BCUT2D eigenvalue weighted by atomic mass is 9.94. The molecule has 0 bridgehead atoms. The van der Waals surface area contributed by atoms with E-state index >= 15 is 0 Å². The van der Waals surface area contributed by atoms with Gasteiger partial charge in [-0.05, 0) is 59.5 Å². The number of fused-ring (bicyclic) bond motifs is 1. The summed E-state index contributed by atoms with van der Waals surface area (Å²) in [5.41, 5.74) is 11.0. The van der Waals surface area contributed by atoms with Crippen molar-refractivity contribution in [2.75, 3.05) is 5.32 Å². The molecule has 0 saturated heterocycles. The van der Waals surface area contributed by atoms with Crippen LogP contribution in [0.4, 0.5) is 5.69 Å². The molecule has 4 aromatic rings. The van der Waals surface area contributed by atoms with Crippen LogP contribution in [0.5, 0.6) is 0 Å². The molecule has 4 N–H and O–H groups in total. The minimum absolute atomic E-state index is 0.227. The second-order valence-electron chi connectivity index (χ2n) is 6.88. The zero-order chi connectivity index (χ0) is 21.1. The summed E-state index contributed by atoms with van der Waals surface area (Å²) < 4.78 is 0.